The van der Waals surface area contributed by atoms with Crippen LogP contribution in [-0.2, 0) is 36.6 Å². The summed E-state index contributed by atoms with van der Waals surface area (Å²) >= 11 is 1.58. The third-order valence-electron chi connectivity index (χ3n) is 4.50. The van der Waals surface area contributed by atoms with E-state index in [0.717, 1.165) is 21.9 Å². The van der Waals surface area contributed by atoms with Gasteiger partial charge in [0.05, 0.1) is 19.4 Å². The molecule has 0 aliphatic carbocycles. The minimum absolute atomic E-state index is 0.0785. The number of aryl methyl sites for hydroxylation is 2. The van der Waals surface area contributed by atoms with E-state index in [-0.39, 0.29) is 5.75 Å². The van der Waals surface area contributed by atoms with Gasteiger partial charge in [0.2, 0.25) is 10.0 Å². The molecule has 0 radical (unpaired) electrons. The van der Waals surface area contributed by atoms with Crippen molar-refractivity contribution in [1.29, 1.82) is 0 Å². The molecule has 0 aliphatic rings. The lowest BCUT2D eigenvalue weighted by molar-refractivity contribution is 0.395. The van der Waals surface area contributed by atoms with Crippen LogP contribution in [0.4, 0.5) is 0 Å². The number of benzene rings is 1. The van der Waals surface area contributed by atoms with Gasteiger partial charge in [-0.25, -0.2) is 8.42 Å². The standard InChI is InChI=1S/C20H24N2O3S2/c1-21-12-3-5-18(21)15-22(16-20-6-4-13-26-20)27(23,24)14-11-17-7-9-19(25-2)10-8-17/h3-10,12-13H,11,14-16H2,1-2H3. The fourth-order valence-electron chi connectivity index (χ4n) is 2.84. The van der Waals surface area contributed by atoms with Gasteiger partial charge in [-0.05, 0) is 47.7 Å². The Morgan fingerprint density at radius 1 is 1.07 bits per heavy atom. The van der Waals surface area contributed by atoms with Gasteiger partial charge in [-0.1, -0.05) is 18.2 Å². The molecule has 2 heterocycles. The number of hydrogen-bond acceptors (Lipinski definition) is 4. The molecule has 3 aromatic rings. The molecule has 144 valence electrons. The summed E-state index contributed by atoms with van der Waals surface area (Å²) in [5.74, 6) is 0.847. The molecular formula is C20H24N2O3S2. The molecule has 2 aromatic heterocycles. The first-order valence-electron chi connectivity index (χ1n) is 8.71. The Hall–Kier alpha value is -2.09. The average Bonchev–Trinajstić information content (AvgIpc) is 3.32. The Kier molecular flexibility index (Phi) is 6.36. The Morgan fingerprint density at radius 3 is 2.44 bits per heavy atom. The molecule has 1 aromatic carbocycles. The number of aromatic nitrogens is 1. The summed E-state index contributed by atoms with van der Waals surface area (Å²) in [6, 6.07) is 15.4. The minimum atomic E-state index is -3.41. The monoisotopic (exact) mass is 404 g/mol. The van der Waals surface area contributed by atoms with Crippen molar-refractivity contribution in [3.63, 3.8) is 0 Å². The first kappa shape index (κ1) is 19.7. The molecule has 0 fully saturated rings. The zero-order valence-corrected chi connectivity index (χ0v) is 17.2. The lowest BCUT2D eigenvalue weighted by Crippen LogP contribution is -2.33. The van der Waals surface area contributed by atoms with E-state index in [1.807, 2.05) is 71.7 Å². The third kappa shape index (κ3) is 5.22. The highest BCUT2D eigenvalue weighted by atomic mass is 32.2. The quantitative estimate of drug-likeness (QED) is 0.547. The summed E-state index contributed by atoms with van der Waals surface area (Å²) in [6.07, 6.45) is 2.41. The van der Waals surface area contributed by atoms with E-state index in [0.29, 0.717) is 19.5 Å². The van der Waals surface area contributed by atoms with Gasteiger partial charge in [-0.2, -0.15) is 4.31 Å². The van der Waals surface area contributed by atoms with Gasteiger partial charge in [0.25, 0.3) is 0 Å². The summed E-state index contributed by atoms with van der Waals surface area (Å²) in [5, 5.41) is 1.97. The first-order valence-corrected chi connectivity index (χ1v) is 11.2. The molecule has 0 spiro atoms. The van der Waals surface area contributed by atoms with Crippen molar-refractivity contribution in [2.24, 2.45) is 7.05 Å². The Bertz CT molecular complexity index is 946. The van der Waals surface area contributed by atoms with Crippen molar-refractivity contribution < 1.29 is 13.2 Å². The van der Waals surface area contributed by atoms with Gasteiger partial charge in [0, 0.05) is 30.4 Å². The molecular weight excluding hydrogens is 380 g/mol. The molecule has 7 heteroatoms. The maximum Gasteiger partial charge on any atom is 0.215 e. The highest BCUT2D eigenvalue weighted by Crippen LogP contribution is 2.19. The van der Waals surface area contributed by atoms with Gasteiger partial charge in [-0.15, -0.1) is 11.3 Å². The fourth-order valence-corrected chi connectivity index (χ4v) is 5.06. The summed E-state index contributed by atoms with van der Waals surface area (Å²) in [5.41, 5.74) is 1.95. The number of thiophene rings is 1. The second-order valence-electron chi connectivity index (χ2n) is 6.37. The second-order valence-corrected chi connectivity index (χ2v) is 9.49. The molecule has 0 bridgehead atoms. The van der Waals surface area contributed by atoms with Gasteiger partial charge in [-0.3, -0.25) is 0 Å². The van der Waals surface area contributed by atoms with Gasteiger partial charge >= 0.3 is 0 Å². The van der Waals surface area contributed by atoms with Crippen LogP contribution < -0.4 is 4.74 Å². The number of rotatable bonds is 9. The van der Waals surface area contributed by atoms with Gasteiger partial charge in [0.1, 0.15) is 5.75 Å². The Balaban J connectivity index is 1.74. The van der Waals surface area contributed by atoms with Crippen LogP contribution in [0.5, 0.6) is 5.75 Å². The maximum absolute atomic E-state index is 13.1. The van der Waals surface area contributed by atoms with Crippen molar-refractivity contribution in [2.45, 2.75) is 19.5 Å². The lowest BCUT2D eigenvalue weighted by atomic mass is 10.2. The SMILES string of the molecule is COc1ccc(CCS(=O)(=O)N(Cc2cccs2)Cc2cccn2C)cc1. The molecule has 0 amide bonds. The summed E-state index contributed by atoms with van der Waals surface area (Å²) in [6.45, 7) is 0.764. The molecule has 27 heavy (non-hydrogen) atoms. The van der Waals surface area contributed by atoms with Crippen LogP contribution in [0.3, 0.4) is 0 Å². The number of hydrogen-bond donors (Lipinski definition) is 0. The first-order chi connectivity index (χ1) is 13.0. The highest BCUT2D eigenvalue weighted by molar-refractivity contribution is 7.89. The molecule has 0 aliphatic heterocycles. The van der Waals surface area contributed by atoms with E-state index in [2.05, 4.69) is 0 Å². The minimum Gasteiger partial charge on any atom is -0.497 e. The molecule has 0 N–H and O–H groups in total. The van der Waals surface area contributed by atoms with Gasteiger partial charge < -0.3 is 9.30 Å². The number of nitrogens with zero attached hydrogens (tertiary/aromatic N) is 2. The van der Waals surface area contributed by atoms with E-state index in [1.54, 1.807) is 22.8 Å². The Morgan fingerprint density at radius 2 is 1.85 bits per heavy atom. The largest absolute Gasteiger partial charge is 0.497 e. The number of ether oxygens (including phenoxy) is 1. The highest BCUT2D eigenvalue weighted by Gasteiger charge is 2.23. The molecule has 0 saturated carbocycles. The van der Waals surface area contributed by atoms with E-state index >= 15 is 0 Å². The summed E-state index contributed by atoms with van der Waals surface area (Å²) in [4.78, 5) is 1.04. The van der Waals surface area contributed by atoms with E-state index in [9.17, 15) is 8.42 Å². The normalized spacial score (nSPS) is 11.8. The predicted octanol–water partition coefficient (Wildman–Crippen LogP) is 3.67. The zero-order chi connectivity index (χ0) is 19.3. The zero-order valence-electron chi connectivity index (χ0n) is 15.5. The molecule has 5 nitrogen and oxygen atoms in total. The van der Waals surface area contributed by atoms with Crippen LogP contribution in [-0.4, -0.2) is 30.2 Å². The van der Waals surface area contributed by atoms with Crippen molar-refractivity contribution in [3.8, 4) is 5.75 Å². The molecule has 0 atom stereocenters. The third-order valence-corrected chi connectivity index (χ3v) is 7.13. The summed E-state index contributed by atoms with van der Waals surface area (Å²) in [7, 11) is 0.140. The van der Waals surface area contributed by atoms with Crippen molar-refractivity contribution in [1.82, 2.24) is 8.87 Å². The van der Waals surface area contributed by atoms with Crippen LogP contribution in [0.15, 0.2) is 60.1 Å². The van der Waals surface area contributed by atoms with Crippen LogP contribution >= 0.6 is 11.3 Å². The van der Waals surface area contributed by atoms with E-state index in [1.165, 1.54) is 0 Å². The molecule has 0 unspecified atom stereocenters. The topological polar surface area (TPSA) is 51.5 Å². The van der Waals surface area contributed by atoms with Crippen molar-refractivity contribution in [2.75, 3.05) is 12.9 Å². The fraction of sp³-hybridized carbons (Fsp3) is 0.300. The molecule has 0 saturated heterocycles. The van der Waals surface area contributed by atoms with Crippen molar-refractivity contribution >= 4 is 21.4 Å². The van der Waals surface area contributed by atoms with Crippen molar-refractivity contribution in [3.05, 3.63) is 76.2 Å². The van der Waals surface area contributed by atoms with Crippen LogP contribution in [0.25, 0.3) is 0 Å². The molecule has 3 rings (SSSR count). The van der Waals surface area contributed by atoms with E-state index < -0.39 is 10.0 Å². The summed E-state index contributed by atoms with van der Waals surface area (Å²) < 4.78 is 34.9. The number of methoxy groups -OCH3 is 1. The van der Waals surface area contributed by atoms with E-state index in [4.69, 9.17) is 4.74 Å². The predicted molar refractivity (Wildman–Crippen MR) is 109 cm³/mol. The van der Waals surface area contributed by atoms with Gasteiger partial charge in [0.15, 0.2) is 0 Å². The average molecular weight is 405 g/mol. The van der Waals surface area contributed by atoms with Crippen LogP contribution in [0.2, 0.25) is 0 Å². The number of sulfonamides is 1. The van der Waals surface area contributed by atoms with Crippen LogP contribution in [0.1, 0.15) is 16.1 Å². The maximum atomic E-state index is 13.1. The smallest absolute Gasteiger partial charge is 0.215 e. The second kappa shape index (κ2) is 8.73. The lowest BCUT2D eigenvalue weighted by Gasteiger charge is -2.22. The Labute approximate surface area is 164 Å². The van der Waals surface area contributed by atoms with Crippen LogP contribution in [0, 0.1) is 0 Å².